The Morgan fingerprint density at radius 1 is 0.833 bits per heavy atom. The second-order valence-corrected chi connectivity index (χ2v) is 20.0. The zero-order valence-electron chi connectivity index (χ0n) is 35.5. The third kappa shape index (κ3) is 10.2. The van der Waals surface area contributed by atoms with E-state index in [4.69, 9.17) is 10.1 Å². The van der Waals surface area contributed by atoms with E-state index in [-0.39, 0.29) is 33.7 Å². The second kappa shape index (κ2) is 18.8. The van der Waals surface area contributed by atoms with Crippen LogP contribution in [0.15, 0.2) is 34.3 Å². The minimum atomic E-state index is -0.800. The van der Waals surface area contributed by atoms with Crippen molar-refractivity contribution in [1.29, 1.82) is 10.8 Å². The van der Waals surface area contributed by atoms with Gasteiger partial charge < -0.3 is 4.74 Å². The van der Waals surface area contributed by atoms with Gasteiger partial charge in [0, 0.05) is 20.9 Å². The molecular weight excluding hydrogens is 713 g/mol. The number of nitroso groups, excluding NO2 is 1. The van der Waals surface area contributed by atoms with E-state index in [1.807, 2.05) is 19.9 Å². The predicted molar refractivity (Wildman–Crippen MR) is 231 cm³/mol. The summed E-state index contributed by atoms with van der Waals surface area (Å²) in [7, 11) is 0. The molecule has 3 heterocycles. The molecule has 4 rings (SSSR count). The monoisotopic (exact) mass is 780 g/mol. The van der Waals surface area contributed by atoms with E-state index >= 15 is 0 Å². The van der Waals surface area contributed by atoms with Crippen LogP contribution in [0, 0.1) is 49.0 Å². The van der Waals surface area contributed by atoms with Crippen molar-refractivity contribution < 1.29 is 9.66 Å². The SMILES string of the molecule is CC.CCCCCC(C)CCC1(CCC(C)CCCC(C)C)Oc2cc(C(C)(C)C)sc2-c2sc(C3=C([N+](=O)[O-])C(N=O)=C(C(C)(C)C)C(=N)C3=N)cc21. The van der Waals surface area contributed by atoms with Gasteiger partial charge in [0.15, 0.2) is 5.70 Å². The minimum absolute atomic E-state index is 0.00459. The van der Waals surface area contributed by atoms with Crippen molar-refractivity contribution in [2.24, 2.45) is 28.3 Å². The Morgan fingerprint density at radius 3 is 1.93 bits per heavy atom. The van der Waals surface area contributed by atoms with Crippen molar-refractivity contribution >= 4 is 39.7 Å². The summed E-state index contributed by atoms with van der Waals surface area (Å²) >= 11 is 3.13. The van der Waals surface area contributed by atoms with Crippen LogP contribution in [0.25, 0.3) is 15.3 Å². The van der Waals surface area contributed by atoms with Gasteiger partial charge in [-0.1, -0.05) is 135 Å². The van der Waals surface area contributed by atoms with Gasteiger partial charge in [-0.3, -0.25) is 20.9 Å². The molecule has 2 N–H and O–H groups in total. The van der Waals surface area contributed by atoms with E-state index in [1.165, 1.54) is 48.3 Å². The highest BCUT2D eigenvalue weighted by atomic mass is 32.1. The maximum atomic E-state index is 12.8. The standard InChI is InChI=1S/C42H62N4O4S2.C2H6/c1-12-13-14-17-26(4)19-21-42(22-20-27(5)18-15-16-25(2)3)28-23-30(51-38(28)39-29(50-42)24-31(52-39)40(6,7)8)32-34(43)35(44)33(41(9,10)11)36(45-47)37(32)46(48)49;1-2/h23-27,43-44H,12-22H2,1-11H3;1-2H3. The van der Waals surface area contributed by atoms with E-state index in [0.29, 0.717) is 22.6 Å². The molecule has 2 aromatic rings. The fourth-order valence-corrected chi connectivity index (χ4v) is 10.2. The van der Waals surface area contributed by atoms with E-state index in [2.05, 4.69) is 66.6 Å². The third-order valence-electron chi connectivity index (χ3n) is 10.8. The first-order valence-electron chi connectivity index (χ1n) is 20.4. The molecule has 1 aliphatic heterocycles. The number of nitrogens with one attached hydrogen (secondary N) is 2. The number of hydrogen-bond acceptors (Lipinski definition) is 9. The van der Waals surface area contributed by atoms with Gasteiger partial charge in [-0.2, -0.15) is 0 Å². The lowest BCUT2D eigenvalue weighted by Crippen LogP contribution is -2.36. The van der Waals surface area contributed by atoms with Gasteiger partial charge in [0.25, 0.3) is 0 Å². The molecule has 0 aromatic carbocycles. The highest BCUT2D eigenvalue weighted by molar-refractivity contribution is 7.23. The number of thiophene rings is 2. The van der Waals surface area contributed by atoms with Gasteiger partial charge in [0.1, 0.15) is 11.4 Å². The average molecular weight is 781 g/mol. The first kappa shape index (κ1) is 45.4. The molecule has 10 heteroatoms. The quantitative estimate of drug-likeness (QED) is 0.0544. The molecule has 0 bridgehead atoms. The average Bonchev–Trinajstić information content (AvgIpc) is 3.73. The third-order valence-corrected chi connectivity index (χ3v) is 13.6. The molecule has 300 valence electrons. The van der Waals surface area contributed by atoms with Crippen molar-refractivity contribution in [3.63, 3.8) is 0 Å². The molecule has 0 amide bonds. The van der Waals surface area contributed by atoms with Crippen molar-refractivity contribution in [3.8, 4) is 15.5 Å². The molecule has 2 aliphatic rings. The van der Waals surface area contributed by atoms with Crippen molar-refractivity contribution in [3.05, 3.63) is 59.4 Å². The Hall–Kier alpha value is -2.98. The molecule has 3 unspecified atom stereocenters. The molecule has 8 nitrogen and oxygen atoms in total. The lowest BCUT2D eigenvalue weighted by Gasteiger charge is -2.39. The summed E-state index contributed by atoms with van der Waals surface area (Å²) in [6.07, 6.45) is 11.9. The number of allylic oxidation sites excluding steroid dienone is 2. The topological polar surface area (TPSA) is 130 Å². The number of ether oxygens (including phenoxy) is 1. The van der Waals surface area contributed by atoms with Crippen LogP contribution in [0.5, 0.6) is 5.75 Å². The van der Waals surface area contributed by atoms with Crippen LogP contribution in [-0.4, -0.2) is 16.3 Å². The van der Waals surface area contributed by atoms with E-state index in [0.717, 1.165) is 59.6 Å². The normalized spacial score (nSPS) is 18.6. The van der Waals surface area contributed by atoms with Gasteiger partial charge in [0.2, 0.25) is 0 Å². The van der Waals surface area contributed by atoms with Crippen molar-refractivity contribution in [1.82, 2.24) is 0 Å². The van der Waals surface area contributed by atoms with E-state index in [1.54, 1.807) is 32.1 Å². The number of nitrogens with zero attached hydrogens (tertiary/aromatic N) is 2. The molecule has 0 spiro atoms. The summed E-state index contributed by atoms with van der Waals surface area (Å²) in [6, 6.07) is 4.19. The van der Waals surface area contributed by atoms with Gasteiger partial charge >= 0.3 is 5.70 Å². The molecule has 0 radical (unpaired) electrons. The zero-order valence-corrected chi connectivity index (χ0v) is 37.1. The van der Waals surface area contributed by atoms with Crippen LogP contribution in [0.1, 0.15) is 176 Å². The summed E-state index contributed by atoms with van der Waals surface area (Å²) in [4.78, 5) is 28.4. The summed E-state index contributed by atoms with van der Waals surface area (Å²) in [6.45, 7) is 27.4. The van der Waals surface area contributed by atoms with Crippen molar-refractivity contribution in [2.75, 3.05) is 0 Å². The molecule has 0 saturated carbocycles. The first-order valence-corrected chi connectivity index (χ1v) is 22.0. The number of unbranched alkanes of at least 4 members (excludes halogenated alkanes) is 2. The summed E-state index contributed by atoms with van der Waals surface area (Å²) in [5.74, 6) is 2.57. The number of hydrogen-bond donors (Lipinski definition) is 2. The van der Waals surface area contributed by atoms with Crippen LogP contribution in [0.3, 0.4) is 0 Å². The maximum Gasteiger partial charge on any atom is 0.309 e. The number of rotatable bonds is 17. The summed E-state index contributed by atoms with van der Waals surface area (Å²) < 4.78 is 7.31. The molecule has 1 aliphatic carbocycles. The van der Waals surface area contributed by atoms with Crippen molar-refractivity contribution in [2.45, 2.75) is 172 Å². The highest BCUT2D eigenvalue weighted by Gasteiger charge is 2.47. The summed E-state index contributed by atoms with van der Waals surface area (Å²) in [5.41, 5.74) is -1.72. The van der Waals surface area contributed by atoms with Crippen LogP contribution < -0.4 is 4.74 Å². The number of fused-ring (bicyclic) bond motifs is 3. The Kier molecular flexibility index (Phi) is 15.8. The lowest BCUT2D eigenvalue weighted by molar-refractivity contribution is -0.419. The lowest BCUT2D eigenvalue weighted by atomic mass is 9.75. The highest BCUT2D eigenvalue weighted by Crippen LogP contribution is 2.58. The zero-order chi connectivity index (χ0) is 40.8. The second-order valence-electron chi connectivity index (χ2n) is 17.9. The van der Waals surface area contributed by atoms with Gasteiger partial charge in [-0.05, 0) is 71.6 Å². The van der Waals surface area contributed by atoms with Gasteiger partial charge in [-0.15, -0.1) is 27.6 Å². The Bertz CT molecular complexity index is 1730. The Balaban J connectivity index is 0.00000385. The maximum absolute atomic E-state index is 12.8. The molecule has 54 heavy (non-hydrogen) atoms. The smallest absolute Gasteiger partial charge is 0.309 e. The molecule has 3 atom stereocenters. The van der Waals surface area contributed by atoms with Crippen LogP contribution in [0.4, 0.5) is 0 Å². The Morgan fingerprint density at radius 2 is 1.43 bits per heavy atom. The van der Waals surface area contributed by atoms with Gasteiger partial charge in [0.05, 0.1) is 31.7 Å². The fraction of sp³-hybridized carbons (Fsp3) is 0.682. The van der Waals surface area contributed by atoms with Crippen LogP contribution in [-0.2, 0) is 11.0 Å². The molecule has 0 saturated heterocycles. The number of nitro groups is 1. The Labute approximate surface area is 333 Å². The summed E-state index contributed by atoms with van der Waals surface area (Å²) in [5, 5.41) is 34.2. The van der Waals surface area contributed by atoms with E-state index < -0.39 is 21.6 Å². The van der Waals surface area contributed by atoms with Crippen LogP contribution in [0.2, 0.25) is 0 Å². The molecular formula is C44H68N4O4S2. The fourth-order valence-electron chi connectivity index (χ4n) is 7.59. The minimum Gasteiger partial charge on any atom is -0.481 e. The predicted octanol–water partition coefficient (Wildman–Crippen LogP) is 14.7. The first-order chi connectivity index (χ1) is 25.3. The largest absolute Gasteiger partial charge is 0.481 e. The molecule has 2 aromatic heterocycles. The van der Waals surface area contributed by atoms with E-state index in [9.17, 15) is 20.4 Å². The molecule has 0 fully saturated rings. The van der Waals surface area contributed by atoms with Gasteiger partial charge in [-0.25, -0.2) is 0 Å². The van der Waals surface area contributed by atoms with Crippen LogP contribution >= 0.6 is 22.7 Å².